The number of hydrazone groups is 1. The first-order valence-corrected chi connectivity index (χ1v) is 12.1. The predicted molar refractivity (Wildman–Crippen MR) is 145 cm³/mol. The number of hydrogen-bond donors (Lipinski definition) is 2. The van der Waals surface area contributed by atoms with Gasteiger partial charge in [-0.15, -0.1) is 0 Å². The fourth-order valence-corrected chi connectivity index (χ4v) is 4.23. The molecule has 0 saturated carbocycles. The van der Waals surface area contributed by atoms with E-state index < -0.39 is 6.04 Å². The van der Waals surface area contributed by atoms with Gasteiger partial charge in [0.05, 0.1) is 6.21 Å². The standard InChI is InChI=1S/C30H31N3O3/c1-20(2)16-27(32-29(34)19-36-28-15-9-4-10-21(28)3)30(35)33-31-18-26-24-13-7-5-11-22(24)17-23-12-6-8-14-25(23)26/h4-15,17-18,20,27H,16,19H2,1-3H3,(H,32,34)(H,33,35)/b31-18-/t27-/m1/s1. The smallest absolute Gasteiger partial charge is 0.262 e. The van der Waals surface area contributed by atoms with Crippen molar-refractivity contribution in [3.63, 3.8) is 0 Å². The second kappa shape index (κ2) is 11.5. The van der Waals surface area contributed by atoms with Crippen LogP contribution < -0.4 is 15.5 Å². The van der Waals surface area contributed by atoms with E-state index in [1.54, 1.807) is 6.21 Å². The van der Waals surface area contributed by atoms with Crippen LogP contribution in [0.1, 0.15) is 31.4 Å². The highest BCUT2D eigenvalue weighted by molar-refractivity contribution is 6.13. The number of benzene rings is 4. The largest absolute Gasteiger partial charge is 0.484 e. The molecule has 0 aromatic heterocycles. The third kappa shape index (κ3) is 6.08. The lowest BCUT2D eigenvalue weighted by Gasteiger charge is -2.19. The summed E-state index contributed by atoms with van der Waals surface area (Å²) in [5, 5.41) is 11.4. The first kappa shape index (κ1) is 24.9. The van der Waals surface area contributed by atoms with Gasteiger partial charge in [0, 0.05) is 5.56 Å². The maximum absolute atomic E-state index is 13.0. The van der Waals surface area contributed by atoms with Crippen LogP contribution in [0.2, 0.25) is 0 Å². The van der Waals surface area contributed by atoms with Crippen molar-refractivity contribution in [2.24, 2.45) is 11.0 Å². The van der Waals surface area contributed by atoms with Gasteiger partial charge in [0.1, 0.15) is 11.8 Å². The Labute approximate surface area is 211 Å². The molecule has 184 valence electrons. The normalized spacial score (nSPS) is 12.2. The molecule has 0 aliphatic rings. The lowest BCUT2D eigenvalue weighted by atomic mass is 9.97. The van der Waals surface area contributed by atoms with E-state index in [0.29, 0.717) is 12.2 Å². The van der Waals surface area contributed by atoms with Crippen LogP contribution in [0.25, 0.3) is 21.5 Å². The van der Waals surface area contributed by atoms with Gasteiger partial charge >= 0.3 is 0 Å². The van der Waals surface area contributed by atoms with Gasteiger partial charge in [-0.05, 0) is 58.5 Å². The van der Waals surface area contributed by atoms with Gasteiger partial charge in [0.15, 0.2) is 6.61 Å². The van der Waals surface area contributed by atoms with E-state index in [2.05, 4.69) is 34.0 Å². The second-order valence-electron chi connectivity index (χ2n) is 9.27. The van der Waals surface area contributed by atoms with Crippen molar-refractivity contribution >= 4 is 39.6 Å². The number of fused-ring (bicyclic) bond motifs is 2. The molecule has 0 saturated heterocycles. The van der Waals surface area contributed by atoms with E-state index >= 15 is 0 Å². The number of carbonyl (C=O) groups excluding carboxylic acids is 2. The van der Waals surface area contributed by atoms with E-state index in [1.807, 2.05) is 81.4 Å². The summed E-state index contributed by atoms with van der Waals surface area (Å²) < 4.78 is 5.63. The molecule has 2 amide bonds. The summed E-state index contributed by atoms with van der Waals surface area (Å²) >= 11 is 0. The number of nitrogens with zero attached hydrogens (tertiary/aromatic N) is 1. The molecule has 0 bridgehead atoms. The van der Waals surface area contributed by atoms with Gasteiger partial charge in [0.25, 0.3) is 11.8 Å². The first-order valence-electron chi connectivity index (χ1n) is 12.1. The van der Waals surface area contributed by atoms with E-state index in [0.717, 1.165) is 32.7 Å². The number of aryl methyl sites for hydroxylation is 1. The number of rotatable bonds is 9. The monoisotopic (exact) mass is 481 g/mol. The Kier molecular flexibility index (Phi) is 7.95. The highest BCUT2D eigenvalue weighted by Gasteiger charge is 2.22. The van der Waals surface area contributed by atoms with E-state index in [1.165, 1.54) is 0 Å². The van der Waals surface area contributed by atoms with Crippen LogP contribution in [0.3, 0.4) is 0 Å². The number of para-hydroxylation sites is 1. The van der Waals surface area contributed by atoms with Crippen molar-refractivity contribution in [2.75, 3.05) is 6.61 Å². The fourth-order valence-electron chi connectivity index (χ4n) is 4.23. The molecular formula is C30H31N3O3. The maximum Gasteiger partial charge on any atom is 0.262 e. The maximum atomic E-state index is 13.0. The molecule has 6 nitrogen and oxygen atoms in total. The molecule has 4 aromatic rings. The summed E-state index contributed by atoms with van der Waals surface area (Å²) in [6.45, 7) is 5.75. The number of nitrogens with one attached hydrogen (secondary N) is 2. The Morgan fingerprint density at radius 3 is 2.17 bits per heavy atom. The average Bonchev–Trinajstić information content (AvgIpc) is 2.87. The molecule has 0 spiro atoms. The quantitative estimate of drug-likeness (QED) is 0.192. The number of ether oxygens (including phenoxy) is 1. The first-order chi connectivity index (χ1) is 17.4. The van der Waals surface area contributed by atoms with Crippen molar-refractivity contribution < 1.29 is 14.3 Å². The molecule has 4 rings (SSSR count). The molecule has 1 atom stereocenters. The SMILES string of the molecule is Cc1ccccc1OCC(=O)N[C@H](CC(C)C)C(=O)N/N=C\c1c2ccccc2cc2ccccc12. The van der Waals surface area contributed by atoms with Crippen LogP contribution in [0, 0.1) is 12.8 Å². The van der Waals surface area contributed by atoms with Crippen molar-refractivity contribution in [3.05, 3.63) is 90.0 Å². The van der Waals surface area contributed by atoms with Gasteiger partial charge < -0.3 is 10.1 Å². The average molecular weight is 482 g/mol. The van der Waals surface area contributed by atoms with Gasteiger partial charge in [-0.2, -0.15) is 5.10 Å². The van der Waals surface area contributed by atoms with Gasteiger partial charge in [-0.25, -0.2) is 5.43 Å². The molecule has 36 heavy (non-hydrogen) atoms. The minimum Gasteiger partial charge on any atom is -0.484 e. The Morgan fingerprint density at radius 2 is 1.53 bits per heavy atom. The minimum absolute atomic E-state index is 0.169. The zero-order valence-electron chi connectivity index (χ0n) is 20.8. The Bertz CT molecular complexity index is 1360. The van der Waals surface area contributed by atoms with E-state index in [-0.39, 0.29) is 24.3 Å². The number of carbonyl (C=O) groups is 2. The summed E-state index contributed by atoms with van der Waals surface area (Å²) in [7, 11) is 0. The van der Waals surface area contributed by atoms with Gasteiger partial charge in [0.2, 0.25) is 0 Å². The van der Waals surface area contributed by atoms with Crippen molar-refractivity contribution in [1.29, 1.82) is 0 Å². The van der Waals surface area contributed by atoms with Crippen LogP contribution >= 0.6 is 0 Å². The molecule has 0 fully saturated rings. The van der Waals surface area contributed by atoms with Crippen LogP contribution in [0.15, 0.2) is 84.0 Å². The van der Waals surface area contributed by atoms with Gasteiger partial charge in [-0.3, -0.25) is 9.59 Å². The highest BCUT2D eigenvalue weighted by Crippen LogP contribution is 2.27. The molecule has 2 N–H and O–H groups in total. The number of hydrogen-bond acceptors (Lipinski definition) is 4. The van der Waals surface area contributed by atoms with E-state index in [9.17, 15) is 9.59 Å². The topological polar surface area (TPSA) is 79.8 Å². The lowest BCUT2D eigenvalue weighted by Crippen LogP contribution is -2.47. The summed E-state index contributed by atoms with van der Waals surface area (Å²) in [5.74, 6) is 0.116. The minimum atomic E-state index is -0.723. The molecule has 0 aliphatic carbocycles. The van der Waals surface area contributed by atoms with Crippen LogP contribution in [0.5, 0.6) is 5.75 Å². The third-order valence-corrected chi connectivity index (χ3v) is 5.99. The summed E-state index contributed by atoms with van der Waals surface area (Å²) in [6, 6.07) is 25.1. The van der Waals surface area contributed by atoms with Crippen LogP contribution in [-0.2, 0) is 9.59 Å². The molecule has 4 aromatic carbocycles. The summed E-state index contributed by atoms with van der Waals surface area (Å²) in [5.41, 5.74) is 4.50. The summed E-state index contributed by atoms with van der Waals surface area (Å²) in [6.07, 6.45) is 2.16. The molecule has 0 aliphatic heterocycles. The van der Waals surface area contributed by atoms with Crippen molar-refractivity contribution in [1.82, 2.24) is 10.7 Å². The van der Waals surface area contributed by atoms with E-state index in [4.69, 9.17) is 4.74 Å². The molecular weight excluding hydrogens is 450 g/mol. The second-order valence-corrected chi connectivity index (χ2v) is 9.27. The summed E-state index contributed by atoms with van der Waals surface area (Å²) in [4.78, 5) is 25.5. The van der Waals surface area contributed by atoms with Crippen molar-refractivity contribution in [2.45, 2.75) is 33.2 Å². The Hall–Kier alpha value is -4.19. The van der Waals surface area contributed by atoms with Crippen LogP contribution in [0.4, 0.5) is 0 Å². The predicted octanol–water partition coefficient (Wildman–Crippen LogP) is 5.36. The molecule has 6 heteroatoms. The van der Waals surface area contributed by atoms with Crippen LogP contribution in [-0.4, -0.2) is 30.7 Å². The lowest BCUT2D eigenvalue weighted by molar-refractivity contribution is -0.130. The zero-order chi connectivity index (χ0) is 25.5. The third-order valence-electron chi connectivity index (χ3n) is 5.99. The van der Waals surface area contributed by atoms with Gasteiger partial charge in [-0.1, -0.05) is 80.6 Å². The molecule has 0 heterocycles. The number of amides is 2. The highest BCUT2D eigenvalue weighted by atomic mass is 16.5. The Balaban J connectivity index is 1.47. The Morgan fingerprint density at radius 1 is 0.917 bits per heavy atom. The fraction of sp³-hybridized carbons (Fsp3) is 0.233. The van der Waals surface area contributed by atoms with Crippen molar-refractivity contribution in [3.8, 4) is 5.75 Å². The molecule has 0 unspecified atom stereocenters. The zero-order valence-corrected chi connectivity index (χ0v) is 20.8. The molecule has 0 radical (unpaired) electrons.